The van der Waals surface area contributed by atoms with Crippen molar-refractivity contribution in [3.8, 4) is 0 Å². The van der Waals surface area contributed by atoms with Crippen molar-refractivity contribution in [3.63, 3.8) is 0 Å². The lowest BCUT2D eigenvalue weighted by Gasteiger charge is -2.35. The number of piperazine rings is 1. The van der Waals surface area contributed by atoms with Gasteiger partial charge in [-0.15, -0.1) is 0 Å². The Morgan fingerprint density at radius 3 is 2.46 bits per heavy atom. The minimum Gasteiger partial charge on any atom is -0.445 e. The lowest BCUT2D eigenvalue weighted by Crippen LogP contribution is -2.49. The molecule has 2 aromatic carbocycles. The number of halogens is 1. The van der Waals surface area contributed by atoms with E-state index < -0.39 is 0 Å². The molecular weight excluding hydrogens is 376 g/mol. The monoisotopic (exact) mass is 400 g/mol. The molecule has 2 aromatic rings. The number of benzene rings is 2. The van der Waals surface area contributed by atoms with Gasteiger partial charge in [-0.05, 0) is 29.8 Å². The molecule has 1 heterocycles. The normalized spacial score (nSPS) is 14.5. The highest BCUT2D eigenvalue weighted by Gasteiger charge is 2.22. The van der Waals surface area contributed by atoms with Crippen LogP contribution in [0.1, 0.15) is 5.56 Å². The van der Waals surface area contributed by atoms with Crippen molar-refractivity contribution in [1.29, 1.82) is 0 Å². The fraction of sp³-hybridized carbons (Fsp3) is 0.318. The Hall–Kier alpha value is -2.50. The third-order valence-corrected chi connectivity index (χ3v) is 4.74. The van der Waals surface area contributed by atoms with Gasteiger partial charge in [0.25, 0.3) is 0 Å². The number of carbonyl (C=O) groups is 1. The molecule has 1 fully saturated rings. The van der Waals surface area contributed by atoms with Crippen LogP contribution in [0.4, 0.5) is 10.5 Å². The molecular formula is C22H25ClN2O3. The zero-order valence-electron chi connectivity index (χ0n) is 15.8. The predicted molar refractivity (Wildman–Crippen MR) is 112 cm³/mol. The number of carbonyl (C=O) groups excluding carboxylic acids is 1. The first-order chi connectivity index (χ1) is 13.7. The third kappa shape index (κ3) is 6.29. The molecule has 0 radical (unpaired) electrons. The molecule has 5 nitrogen and oxygen atoms in total. The van der Waals surface area contributed by atoms with Crippen LogP contribution in [-0.4, -0.2) is 50.4 Å². The lowest BCUT2D eigenvalue weighted by atomic mass is 10.2. The zero-order chi connectivity index (χ0) is 19.6. The number of ether oxygens (including phenoxy) is 2. The van der Waals surface area contributed by atoms with E-state index in [-0.39, 0.29) is 12.7 Å². The van der Waals surface area contributed by atoms with Crippen molar-refractivity contribution in [1.82, 2.24) is 4.90 Å². The summed E-state index contributed by atoms with van der Waals surface area (Å²) in [5.74, 6) is 0. The van der Waals surface area contributed by atoms with Crippen LogP contribution in [0.25, 0.3) is 0 Å². The van der Waals surface area contributed by atoms with Crippen molar-refractivity contribution >= 4 is 23.4 Å². The second-order valence-electron chi connectivity index (χ2n) is 6.50. The molecule has 1 saturated heterocycles. The summed E-state index contributed by atoms with van der Waals surface area (Å²) in [4.78, 5) is 16.1. The van der Waals surface area contributed by atoms with Gasteiger partial charge in [-0.2, -0.15) is 0 Å². The molecule has 6 heteroatoms. The van der Waals surface area contributed by atoms with Gasteiger partial charge >= 0.3 is 6.09 Å². The van der Waals surface area contributed by atoms with Crippen LogP contribution in [0.2, 0.25) is 5.02 Å². The van der Waals surface area contributed by atoms with Crippen LogP contribution >= 0.6 is 11.6 Å². The van der Waals surface area contributed by atoms with E-state index in [1.165, 1.54) is 0 Å². The fourth-order valence-corrected chi connectivity index (χ4v) is 3.17. The predicted octanol–water partition coefficient (Wildman–Crippen LogP) is 4.37. The van der Waals surface area contributed by atoms with Crippen molar-refractivity contribution in [2.75, 3.05) is 44.3 Å². The molecule has 0 aromatic heterocycles. The van der Waals surface area contributed by atoms with Gasteiger partial charge in [0, 0.05) is 36.9 Å². The largest absolute Gasteiger partial charge is 0.445 e. The van der Waals surface area contributed by atoms with Crippen molar-refractivity contribution in [2.24, 2.45) is 0 Å². The maximum Gasteiger partial charge on any atom is 0.410 e. The fourth-order valence-electron chi connectivity index (χ4n) is 2.99. The van der Waals surface area contributed by atoms with Crippen LogP contribution in [-0.2, 0) is 16.1 Å². The summed E-state index contributed by atoms with van der Waals surface area (Å²) < 4.78 is 10.9. The zero-order valence-corrected chi connectivity index (χ0v) is 16.6. The topological polar surface area (TPSA) is 42.0 Å². The van der Waals surface area contributed by atoms with Gasteiger partial charge in [0.2, 0.25) is 0 Å². The minimum atomic E-state index is -0.277. The summed E-state index contributed by atoms with van der Waals surface area (Å²) in [6, 6.07) is 17.8. The summed E-state index contributed by atoms with van der Waals surface area (Å²) >= 11 is 6.05. The third-order valence-electron chi connectivity index (χ3n) is 4.51. The summed E-state index contributed by atoms with van der Waals surface area (Å²) in [6.45, 7) is 4.11. The highest BCUT2D eigenvalue weighted by molar-refractivity contribution is 6.30. The molecule has 1 aliphatic heterocycles. The van der Waals surface area contributed by atoms with E-state index in [4.69, 9.17) is 21.1 Å². The van der Waals surface area contributed by atoms with Gasteiger partial charge in [0.1, 0.15) is 6.61 Å². The van der Waals surface area contributed by atoms with Gasteiger partial charge in [-0.3, -0.25) is 0 Å². The highest BCUT2D eigenvalue weighted by atomic mass is 35.5. The van der Waals surface area contributed by atoms with Crippen molar-refractivity contribution in [3.05, 3.63) is 77.3 Å². The Morgan fingerprint density at radius 2 is 1.71 bits per heavy atom. The van der Waals surface area contributed by atoms with Gasteiger partial charge < -0.3 is 19.3 Å². The minimum absolute atomic E-state index is 0.252. The first-order valence-electron chi connectivity index (χ1n) is 9.41. The second kappa shape index (κ2) is 10.7. The average molecular weight is 401 g/mol. The van der Waals surface area contributed by atoms with Crippen LogP contribution < -0.4 is 4.90 Å². The van der Waals surface area contributed by atoms with E-state index >= 15 is 0 Å². The highest BCUT2D eigenvalue weighted by Crippen LogP contribution is 2.20. The Bertz CT molecular complexity index is 774. The number of anilines is 1. The maximum atomic E-state index is 12.2. The van der Waals surface area contributed by atoms with Gasteiger partial charge in [0.15, 0.2) is 0 Å². The van der Waals surface area contributed by atoms with Gasteiger partial charge in [0.05, 0.1) is 13.2 Å². The number of nitrogens with zero attached hydrogens (tertiary/aromatic N) is 2. The summed E-state index contributed by atoms with van der Waals surface area (Å²) in [5.41, 5.74) is 2.22. The summed E-state index contributed by atoms with van der Waals surface area (Å²) in [5, 5.41) is 0.721. The van der Waals surface area contributed by atoms with Gasteiger partial charge in [-0.1, -0.05) is 54.1 Å². The Morgan fingerprint density at radius 1 is 0.964 bits per heavy atom. The van der Waals surface area contributed by atoms with Crippen molar-refractivity contribution in [2.45, 2.75) is 6.61 Å². The molecule has 0 N–H and O–H groups in total. The van der Waals surface area contributed by atoms with Gasteiger partial charge in [-0.25, -0.2) is 4.79 Å². The standard InChI is InChI=1S/C22H25ClN2O3/c23-20-9-6-10-21(17-20)24-11-13-25(14-12-24)22(26)28-16-5-4-15-27-18-19-7-2-1-3-8-19/h1-10,17H,11-16,18H2/b5-4+. The van der Waals surface area contributed by atoms with E-state index in [0.29, 0.717) is 26.3 Å². The lowest BCUT2D eigenvalue weighted by molar-refractivity contribution is 0.109. The van der Waals surface area contributed by atoms with Crippen LogP contribution in [0, 0.1) is 0 Å². The first kappa shape index (κ1) is 20.2. The SMILES string of the molecule is O=C(OC/C=C/COCc1ccccc1)N1CCN(c2cccc(Cl)c2)CC1. The van der Waals surface area contributed by atoms with Crippen LogP contribution in [0.3, 0.4) is 0 Å². The summed E-state index contributed by atoms with van der Waals surface area (Å²) in [7, 11) is 0. The molecule has 0 unspecified atom stereocenters. The summed E-state index contributed by atoms with van der Waals surface area (Å²) in [6.07, 6.45) is 3.40. The molecule has 0 saturated carbocycles. The first-order valence-corrected chi connectivity index (χ1v) is 9.79. The molecule has 1 aliphatic rings. The van der Waals surface area contributed by atoms with Crippen LogP contribution in [0.15, 0.2) is 66.7 Å². The smallest absolute Gasteiger partial charge is 0.410 e. The van der Waals surface area contributed by atoms with Crippen LogP contribution in [0.5, 0.6) is 0 Å². The van der Waals surface area contributed by atoms with E-state index in [1.54, 1.807) is 4.90 Å². The van der Waals surface area contributed by atoms with E-state index in [2.05, 4.69) is 4.90 Å². The number of amides is 1. The molecule has 148 valence electrons. The molecule has 1 amide bonds. The Balaban J connectivity index is 1.30. The molecule has 3 rings (SSSR count). The molecule has 0 atom stereocenters. The van der Waals surface area contributed by atoms with E-state index in [1.807, 2.05) is 66.7 Å². The number of hydrogen-bond acceptors (Lipinski definition) is 4. The molecule has 0 spiro atoms. The van der Waals surface area contributed by atoms with E-state index in [9.17, 15) is 4.79 Å². The molecule has 0 bridgehead atoms. The molecule has 28 heavy (non-hydrogen) atoms. The molecule has 0 aliphatic carbocycles. The Labute approximate surface area is 171 Å². The number of hydrogen-bond donors (Lipinski definition) is 0. The second-order valence-corrected chi connectivity index (χ2v) is 6.94. The number of rotatable bonds is 7. The quantitative estimate of drug-likeness (QED) is 0.511. The van der Waals surface area contributed by atoms with E-state index in [0.717, 1.165) is 29.4 Å². The maximum absolute atomic E-state index is 12.2. The average Bonchev–Trinajstić information content (AvgIpc) is 2.74. The van der Waals surface area contributed by atoms with Crippen molar-refractivity contribution < 1.29 is 14.3 Å². The Kier molecular flexibility index (Phi) is 7.76.